The molecule has 0 heterocycles. The van der Waals surface area contributed by atoms with E-state index in [0.29, 0.717) is 0 Å². The third-order valence-corrected chi connectivity index (χ3v) is 1.68. The normalized spacial score (nSPS) is 14.7. The highest BCUT2D eigenvalue weighted by Gasteiger charge is 2.29. The summed E-state index contributed by atoms with van der Waals surface area (Å²) in [5, 5.41) is 9.55. The number of rotatable bonds is 5. The van der Waals surface area contributed by atoms with Crippen molar-refractivity contribution in [3.05, 3.63) is 12.2 Å². The van der Waals surface area contributed by atoms with Gasteiger partial charge in [-0.2, -0.15) is 0 Å². The molecule has 0 unspecified atom stereocenters. The average molecular weight is 216 g/mol. The predicted molar refractivity (Wildman–Crippen MR) is 53.0 cm³/mol. The molecule has 1 atom stereocenters. The molecule has 15 heavy (non-hydrogen) atoms. The molecular weight excluding hydrogens is 200 g/mol. The van der Waals surface area contributed by atoms with Crippen LogP contribution in [0.3, 0.4) is 0 Å². The van der Waals surface area contributed by atoms with Crippen LogP contribution in [0, 0.1) is 0 Å². The number of carbonyl (C=O) groups is 2. The van der Waals surface area contributed by atoms with Gasteiger partial charge in [-0.3, -0.25) is 0 Å². The average Bonchev–Trinajstić information content (AvgIpc) is 2.16. The molecule has 1 N–H and O–H groups in total. The quantitative estimate of drug-likeness (QED) is 0.532. The van der Waals surface area contributed by atoms with Crippen molar-refractivity contribution >= 4 is 11.9 Å². The third-order valence-electron chi connectivity index (χ3n) is 1.68. The smallest absolute Gasteiger partial charge is 0.337 e. The predicted octanol–water partition coefficient (Wildman–Crippen LogP) is 0.420. The zero-order valence-electron chi connectivity index (χ0n) is 9.15. The fraction of sp³-hybridized carbons (Fsp3) is 0.600. The van der Waals surface area contributed by atoms with Crippen molar-refractivity contribution in [2.45, 2.75) is 25.9 Å². The fourth-order valence-corrected chi connectivity index (χ4v) is 0.878. The summed E-state index contributed by atoms with van der Waals surface area (Å²) in [5.74, 6) is -1.24. The highest BCUT2D eigenvalue weighted by Crippen LogP contribution is 2.11. The van der Waals surface area contributed by atoms with Crippen LogP contribution in [0.2, 0.25) is 0 Å². The molecule has 0 aliphatic rings. The molecule has 0 bridgehead atoms. The number of hydrogen-bond acceptors (Lipinski definition) is 5. The van der Waals surface area contributed by atoms with Crippen molar-refractivity contribution < 1.29 is 24.2 Å². The summed E-state index contributed by atoms with van der Waals surface area (Å²) < 4.78 is 9.00. The summed E-state index contributed by atoms with van der Waals surface area (Å²) in [6, 6.07) is 0. The van der Waals surface area contributed by atoms with E-state index in [-0.39, 0.29) is 13.0 Å². The van der Waals surface area contributed by atoms with E-state index in [1.807, 2.05) is 0 Å². The van der Waals surface area contributed by atoms with E-state index in [0.717, 1.165) is 0 Å². The van der Waals surface area contributed by atoms with E-state index >= 15 is 0 Å². The highest BCUT2D eigenvalue weighted by molar-refractivity contribution is 5.82. The van der Waals surface area contributed by atoms with E-state index in [2.05, 4.69) is 9.47 Å². The molecular formula is C10H16O5. The standard InChI is InChI=1S/C10H16O5/c1-4-15-8(11)6-5-7-10(2,13)9(12)14-3/h5-6,13H,4,7H2,1-3H3/b6-5+/t10-/m1/s1. The van der Waals surface area contributed by atoms with Crippen LogP contribution in [0.1, 0.15) is 20.3 Å². The molecule has 0 saturated heterocycles. The van der Waals surface area contributed by atoms with Crippen LogP contribution in [0.5, 0.6) is 0 Å². The van der Waals surface area contributed by atoms with Crippen molar-refractivity contribution in [1.29, 1.82) is 0 Å². The maximum atomic E-state index is 11.0. The molecule has 0 aromatic carbocycles. The first-order chi connectivity index (χ1) is 6.94. The van der Waals surface area contributed by atoms with Gasteiger partial charge in [0.1, 0.15) is 0 Å². The largest absolute Gasteiger partial charge is 0.467 e. The summed E-state index contributed by atoms with van der Waals surface area (Å²) in [5.41, 5.74) is -1.61. The van der Waals surface area contributed by atoms with Gasteiger partial charge in [0.15, 0.2) is 5.60 Å². The Kier molecular flexibility index (Phi) is 5.62. The molecule has 0 radical (unpaired) electrons. The molecule has 0 amide bonds. The van der Waals surface area contributed by atoms with Gasteiger partial charge in [-0.05, 0) is 13.8 Å². The molecule has 5 heteroatoms. The van der Waals surface area contributed by atoms with Crippen molar-refractivity contribution in [3.63, 3.8) is 0 Å². The number of esters is 2. The Labute approximate surface area is 88.7 Å². The Morgan fingerprint density at radius 2 is 2.07 bits per heavy atom. The van der Waals surface area contributed by atoms with Gasteiger partial charge >= 0.3 is 11.9 Å². The topological polar surface area (TPSA) is 72.8 Å². The Balaban J connectivity index is 4.14. The summed E-state index contributed by atoms with van der Waals surface area (Å²) in [6.07, 6.45) is 2.54. The van der Waals surface area contributed by atoms with Gasteiger partial charge in [0.2, 0.25) is 0 Å². The van der Waals surface area contributed by atoms with Gasteiger partial charge in [-0.1, -0.05) is 6.08 Å². The van der Waals surface area contributed by atoms with Crippen molar-refractivity contribution in [3.8, 4) is 0 Å². The first kappa shape index (κ1) is 13.6. The van der Waals surface area contributed by atoms with Crippen LogP contribution in [0.15, 0.2) is 12.2 Å². The molecule has 0 aromatic heterocycles. The lowest BCUT2D eigenvalue weighted by Gasteiger charge is -2.17. The highest BCUT2D eigenvalue weighted by atomic mass is 16.5. The fourth-order valence-electron chi connectivity index (χ4n) is 0.878. The van der Waals surface area contributed by atoms with Gasteiger partial charge in [-0.15, -0.1) is 0 Å². The van der Waals surface area contributed by atoms with Crippen LogP contribution in [-0.4, -0.2) is 36.4 Å². The Morgan fingerprint density at radius 1 is 1.47 bits per heavy atom. The third kappa shape index (κ3) is 5.17. The maximum absolute atomic E-state index is 11.0. The lowest BCUT2D eigenvalue weighted by atomic mass is 10.0. The molecule has 0 fully saturated rings. The Morgan fingerprint density at radius 3 is 2.53 bits per heavy atom. The van der Waals surface area contributed by atoms with E-state index in [1.54, 1.807) is 6.92 Å². The molecule has 0 saturated carbocycles. The zero-order valence-corrected chi connectivity index (χ0v) is 9.15. The van der Waals surface area contributed by atoms with Crippen LogP contribution < -0.4 is 0 Å². The first-order valence-corrected chi connectivity index (χ1v) is 4.58. The van der Waals surface area contributed by atoms with Crippen LogP contribution in [-0.2, 0) is 19.1 Å². The summed E-state index contributed by atoms with van der Waals surface area (Å²) in [7, 11) is 1.19. The molecule has 0 aliphatic heterocycles. The number of methoxy groups -OCH3 is 1. The van der Waals surface area contributed by atoms with Crippen LogP contribution in [0.25, 0.3) is 0 Å². The van der Waals surface area contributed by atoms with E-state index in [4.69, 9.17) is 0 Å². The molecule has 0 rings (SSSR count). The number of aliphatic hydroxyl groups is 1. The minimum absolute atomic E-state index is 0.00150. The molecule has 86 valence electrons. The Hall–Kier alpha value is -1.36. The lowest BCUT2D eigenvalue weighted by molar-refractivity contribution is -0.160. The SMILES string of the molecule is CCOC(=O)/C=C/C[C@@](C)(O)C(=O)OC. The second-order valence-corrected chi connectivity index (χ2v) is 3.12. The summed E-state index contributed by atoms with van der Waals surface area (Å²) >= 11 is 0. The number of hydrogen-bond donors (Lipinski definition) is 1. The molecule has 0 spiro atoms. The molecule has 0 aliphatic carbocycles. The number of ether oxygens (including phenoxy) is 2. The van der Waals surface area contributed by atoms with Crippen LogP contribution >= 0.6 is 0 Å². The van der Waals surface area contributed by atoms with Gasteiger partial charge in [0, 0.05) is 12.5 Å². The minimum Gasteiger partial charge on any atom is -0.467 e. The number of carbonyl (C=O) groups excluding carboxylic acids is 2. The monoisotopic (exact) mass is 216 g/mol. The maximum Gasteiger partial charge on any atom is 0.337 e. The second kappa shape index (κ2) is 6.19. The Bertz CT molecular complexity index is 255. The van der Waals surface area contributed by atoms with E-state index < -0.39 is 17.5 Å². The lowest BCUT2D eigenvalue weighted by Crippen LogP contribution is -2.35. The van der Waals surface area contributed by atoms with Crippen LogP contribution in [0.4, 0.5) is 0 Å². The summed E-state index contributed by atoms with van der Waals surface area (Å²) in [6.45, 7) is 3.29. The molecule has 0 aromatic rings. The summed E-state index contributed by atoms with van der Waals surface area (Å²) in [4.78, 5) is 21.9. The van der Waals surface area contributed by atoms with Crippen molar-refractivity contribution in [2.24, 2.45) is 0 Å². The van der Waals surface area contributed by atoms with E-state index in [1.165, 1.54) is 26.2 Å². The van der Waals surface area contributed by atoms with Gasteiger partial charge in [-0.25, -0.2) is 9.59 Å². The van der Waals surface area contributed by atoms with Crippen molar-refractivity contribution in [2.75, 3.05) is 13.7 Å². The zero-order chi connectivity index (χ0) is 11.9. The second-order valence-electron chi connectivity index (χ2n) is 3.12. The molecule has 5 nitrogen and oxygen atoms in total. The first-order valence-electron chi connectivity index (χ1n) is 4.58. The minimum atomic E-state index is -1.61. The van der Waals surface area contributed by atoms with Gasteiger partial charge in [0.05, 0.1) is 13.7 Å². The van der Waals surface area contributed by atoms with Crippen molar-refractivity contribution in [1.82, 2.24) is 0 Å². The van der Waals surface area contributed by atoms with E-state index in [9.17, 15) is 14.7 Å². The van der Waals surface area contributed by atoms with Gasteiger partial charge in [0.25, 0.3) is 0 Å². The van der Waals surface area contributed by atoms with Gasteiger partial charge < -0.3 is 14.6 Å².